The summed E-state index contributed by atoms with van der Waals surface area (Å²) in [7, 11) is -3.65. The molecular weight excluding hydrogens is 276 g/mol. The molecular formula is C10H16N2O4S2. The zero-order valence-electron chi connectivity index (χ0n) is 9.97. The normalized spacial score (nSPS) is 24.6. The SMILES string of the molecule is Cc1[nH]c(=O)sc1S(=O)(=O)NCC1CCCC1O. The maximum Gasteiger partial charge on any atom is 0.305 e. The molecule has 0 amide bonds. The average molecular weight is 292 g/mol. The molecule has 1 aliphatic carbocycles. The number of aromatic nitrogens is 1. The van der Waals surface area contributed by atoms with E-state index in [-0.39, 0.29) is 21.5 Å². The third kappa shape index (κ3) is 2.82. The highest BCUT2D eigenvalue weighted by atomic mass is 32.2. The first-order valence-corrected chi connectivity index (χ1v) is 8.07. The van der Waals surface area contributed by atoms with Crippen LogP contribution in [0.25, 0.3) is 0 Å². The Hall–Kier alpha value is -0.700. The Kier molecular flexibility index (Phi) is 3.90. The molecule has 1 fully saturated rings. The summed E-state index contributed by atoms with van der Waals surface area (Å²) in [6.45, 7) is 1.77. The van der Waals surface area contributed by atoms with Crippen molar-refractivity contribution in [3.05, 3.63) is 15.4 Å². The van der Waals surface area contributed by atoms with Crippen LogP contribution in [0.3, 0.4) is 0 Å². The summed E-state index contributed by atoms with van der Waals surface area (Å²) in [6.07, 6.45) is 2.04. The molecule has 0 radical (unpaired) electrons. The summed E-state index contributed by atoms with van der Waals surface area (Å²) in [5.74, 6) is -0.0317. The van der Waals surface area contributed by atoms with Crippen molar-refractivity contribution in [3.63, 3.8) is 0 Å². The van der Waals surface area contributed by atoms with Gasteiger partial charge < -0.3 is 10.1 Å². The van der Waals surface area contributed by atoms with Gasteiger partial charge in [-0.1, -0.05) is 17.8 Å². The number of nitrogens with one attached hydrogen (secondary N) is 2. The van der Waals surface area contributed by atoms with Crippen LogP contribution in [-0.2, 0) is 10.0 Å². The number of hydrogen-bond donors (Lipinski definition) is 3. The van der Waals surface area contributed by atoms with E-state index in [0.29, 0.717) is 17.0 Å². The first kappa shape index (κ1) is 13.7. The molecule has 0 bridgehead atoms. The molecule has 102 valence electrons. The molecule has 6 nitrogen and oxygen atoms in total. The van der Waals surface area contributed by atoms with Crippen LogP contribution in [0.2, 0.25) is 0 Å². The van der Waals surface area contributed by atoms with Crippen LogP contribution in [0.4, 0.5) is 0 Å². The van der Waals surface area contributed by atoms with E-state index in [1.54, 1.807) is 6.92 Å². The molecule has 1 heterocycles. The Labute approximate surface area is 109 Å². The summed E-state index contributed by atoms with van der Waals surface area (Å²) in [4.78, 5) is 13.2. The molecule has 0 spiro atoms. The zero-order valence-corrected chi connectivity index (χ0v) is 11.6. The van der Waals surface area contributed by atoms with Gasteiger partial charge in [-0.15, -0.1) is 0 Å². The number of aliphatic hydroxyl groups excluding tert-OH is 1. The Bertz CT molecular complexity index is 575. The zero-order chi connectivity index (χ0) is 13.3. The second-order valence-corrected chi connectivity index (χ2v) is 7.48. The minimum atomic E-state index is -3.65. The highest BCUT2D eigenvalue weighted by Gasteiger charge is 2.28. The van der Waals surface area contributed by atoms with Gasteiger partial charge >= 0.3 is 4.87 Å². The maximum absolute atomic E-state index is 12.0. The smallest absolute Gasteiger partial charge is 0.305 e. The highest BCUT2D eigenvalue weighted by molar-refractivity contribution is 7.91. The van der Waals surface area contributed by atoms with Gasteiger partial charge in [-0.3, -0.25) is 4.79 Å². The van der Waals surface area contributed by atoms with Crippen molar-refractivity contribution in [3.8, 4) is 0 Å². The number of rotatable bonds is 4. The molecule has 1 aromatic heterocycles. The van der Waals surface area contributed by atoms with E-state index >= 15 is 0 Å². The monoisotopic (exact) mass is 292 g/mol. The van der Waals surface area contributed by atoms with Crippen LogP contribution in [-0.4, -0.2) is 31.2 Å². The van der Waals surface area contributed by atoms with Crippen molar-refractivity contribution < 1.29 is 13.5 Å². The number of aryl methyl sites for hydroxylation is 1. The van der Waals surface area contributed by atoms with Gasteiger partial charge in [-0.25, -0.2) is 13.1 Å². The van der Waals surface area contributed by atoms with Crippen LogP contribution in [0.5, 0.6) is 0 Å². The molecule has 0 saturated heterocycles. The van der Waals surface area contributed by atoms with Gasteiger partial charge in [0.15, 0.2) is 4.21 Å². The van der Waals surface area contributed by atoms with Gasteiger partial charge in [0.25, 0.3) is 10.0 Å². The van der Waals surface area contributed by atoms with Crippen molar-refractivity contribution in [1.82, 2.24) is 9.71 Å². The second-order valence-electron chi connectivity index (χ2n) is 4.54. The molecule has 1 saturated carbocycles. The molecule has 2 unspecified atom stereocenters. The predicted octanol–water partition coefficient (Wildman–Crippen LogP) is 0.184. The van der Waals surface area contributed by atoms with Gasteiger partial charge in [0.2, 0.25) is 0 Å². The van der Waals surface area contributed by atoms with Gasteiger partial charge in [-0.05, 0) is 25.7 Å². The lowest BCUT2D eigenvalue weighted by Crippen LogP contribution is -2.32. The lowest BCUT2D eigenvalue weighted by molar-refractivity contribution is 0.134. The number of hydrogen-bond acceptors (Lipinski definition) is 5. The van der Waals surface area contributed by atoms with Crippen LogP contribution < -0.4 is 9.60 Å². The van der Waals surface area contributed by atoms with Gasteiger partial charge in [0.1, 0.15) is 0 Å². The van der Waals surface area contributed by atoms with Crippen molar-refractivity contribution in [2.45, 2.75) is 36.5 Å². The van der Waals surface area contributed by atoms with E-state index < -0.39 is 16.1 Å². The molecule has 2 rings (SSSR count). The summed E-state index contributed by atoms with van der Waals surface area (Å²) >= 11 is 0.681. The summed E-state index contributed by atoms with van der Waals surface area (Å²) in [5, 5.41) is 9.63. The van der Waals surface area contributed by atoms with E-state index in [1.807, 2.05) is 0 Å². The molecule has 1 aliphatic rings. The summed E-state index contributed by atoms with van der Waals surface area (Å²) < 4.78 is 26.5. The summed E-state index contributed by atoms with van der Waals surface area (Å²) in [5.41, 5.74) is 0.351. The number of thiazole rings is 1. The standard InChI is InChI=1S/C10H16N2O4S2/c1-6-9(17-10(14)12-6)18(15,16)11-5-7-3-2-4-8(7)13/h7-8,11,13H,2-5H2,1H3,(H,12,14). The van der Waals surface area contributed by atoms with E-state index in [1.165, 1.54) is 0 Å². The fourth-order valence-electron chi connectivity index (χ4n) is 2.18. The molecule has 1 aromatic rings. The Morgan fingerprint density at radius 1 is 1.50 bits per heavy atom. The lowest BCUT2D eigenvalue weighted by Gasteiger charge is -2.14. The van der Waals surface area contributed by atoms with E-state index in [4.69, 9.17) is 0 Å². The molecule has 8 heteroatoms. The van der Waals surface area contributed by atoms with Crippen molar-refractivity contribution in [1.29, 1.82) is 0 Å². The fourth-order valence-corrected chi connectivity index (χ4v) is 4.62. The number of sulfonamides is 1. The lowest BCUT2D eigenvalue weighted by atomic mass is 10.1. The van der Waals surface area contributed by atoms with Gasteiger partial charge in [-0.2, -0.15) is 0 Å². The van der Waals surface area contributed by atoms with Crippen LogP contribution in [0.15, 0.2) is 9.00 Å². The van der Waals surface area contributed by atoms with Gasteiger partial charge in [0, 0.05) is 12.2 Å². The van der Waals surface area contributed by atoms with Crippen molar-refractivity contribution >= 4 is 21.4 Å². The maximum atomic E-state index is 12.0. The molecule has 0 aliphatic heterocycles. The van der Waals surface area contributed by atoms with Crippen LogP contribution in [0.1, 0.15) is 25.0 Å². The van der Waals surface area contributed by atoms with Gasteiger partial charge in [0.05, 0.1) is 6.10 Å². The first-order chi connectivity index (χ1) is 8.40. The second kappa shape index (κ2) is 5.12. The van der Waals surface area contributed by atoms with E-state index in [9.17, 15) is 18.3 Å². The minimum absolute atomic E-state index is 0.0278. The predicted molar refractivity (Wildman–Crippen MR) is 68.2 cm³/mol. The average Bonchev–Trinajstić information content (AvgIpc) is 2.82. The molecule has 3 N–H and O–H groups in total. The van der Waals surface area contributed by atoms with Crippen LogP contribution in [0, 0.1) is 12.8 Å². The third-order valence-electron chi connectivity index (χ3n) is 3.18. The summed E-state index contributed by atoms with van der Waals surface area (Å²) in [6, 6.07) is 0. The van der Waals surface area contributed by atoms with Crippen LogP contribution >= 0.6 is 11.3 Å². The largest absolute Gasteiger partial charge is 0.393 e. The number of aromatic amines is 1. The Morgan fingerprint density at radius 3 is 2.72 bits per heavy atom. The minimum Gasteiger partial charge on any atom is -0.393 e. The topological polar surface area (TPSA) is 99.3 Å². The molecule has 0 aromatic carbocycles. The molecule has 2 atom stereocenters. The first-order valence-electron chi connectivity index (χ1n) is 5.77. The molecule has 18 heavy (non-hydrogen) atoms. The quantitative estimate of drug-likeness (QED) is 0.737. The Balaban J connectivity index is 2.08. The van der Waals surface area contributed by atoms with Crippen molar-refractivity contribution in [2.75, 3.05) is 6.54 Å². The van der Waals surface area contributed by atoms with Crippen molar-refractivity contribution in [2.24, 2.45) is 5.92 Å². The number of H-pyrrole nitrogens is 1. The third-order valence-corrected chi connectivity index (χ3v) is 6.21. The Morgan fingerprint density at radius 2 is 2.22 bits per heavy atom. The fraction of sp³-hybridized carbons (Fsp3) is 0.700. The van der Waals surface area contributed by atoms with E-state index in [2.05, 4.69) is 9.71 Å². The highest BCUT2D eigenvalue weighted by Crippen LogP contribution is 2.25. The van der Waals surface area contributed by atoms with E-state index in [0.717, 1.165) is 19.3 Å². The number of aliphatic hydroxyl groups is 1.